The summed E-state index contributed by atoms with van der Waals surface area (Å²) in [4.78, 5) is 12.7. The molecule has 4 nitrogen and oxygen atoms in total. The molecule has 1 saturated heterocycles. The van der Waals surface area contributed by atoms with Crippen molar-refractivity contribution in [3.05, 3.63) is 35.4 Å². The monoisotopic (exact) mass is 349 g/mol. The number of thioether (sulfide) groups is 1. The summed E-state index contributed by atoms with van der Waals surface area (Å²) in [5, 5.41) is 9.34. The molecule has 1 aromatic carbocycles. The molecule has 1 fully saturated rings. The van der Waals surface area contributed by atoms with E-state index in [1.165, 1.54) is 17.0 Å². The lowest BCUT2D eigenvalue weighted by molar-refractivity contribution is -0.137. The smallest absolute Gasteiger partial charge is 0.416 e. The van der Waals surface area contributed by atoms with Gasteiger partial charge in [-0.25, -0.2) is 4.79 Å². The molecule has 1 aliphatic rings. The minimum Gasteiger partial charge on any atom is -0.465 e. The third-order valence-electron chi connectivity index (χ3n) is 3.72. The van der Waals surface area contributed by atoms with Gasteiger partial charge in [-0.15, -0.1) is 0 Å². The number of hydrogen-bond donors (Lipinski definition) is 1. The van der Waals surface area contributed by atoms with E-state index in [2.05, 4.69) is 0 Å². The van der Waals surface area contributed by atoms with E-state index in [1.807, 2.05) is 6.26 Å². The predicted octanol–water partition coefficient (Wildman–Crippen LogP) is 3.36. The van der Waals surface area contributed by atoms with Gasteiger partial charge in [-0.3, -0.25) is 0 Å². The Morgan fingerprint density at radius 1 is 1.39 bits per heavy atom. The fourth-order valence-electron chi connectivity index (χ4n) is 2.55. The van der Waals surface area contributed by atoms with Crippen molar-refractivity contribution in [2.24, 2.45) is 0 Å². The van der Waals surface area contributed by atoms with Gasteiger partial charge >= 0.3 is 12.3 Å². The van der Waals surface area contributed by atoms with Crippen LogP contribution in [0.1, 0.15) is 11.1 Å². The Labute approximate surface area is 136 Å². The van der Waals surface area contributed by atoms with Crippen LogP contribution >= 0.6 is 11.8 Å². The molecule has 0 unspecified atom stereocenters. The lowest BCUT2D eigenvalue weighted by Gasteiger charge is -2.38. The summed E-state index contributed by atoms with van der Waals surface area (Å²) < 4.78 is 43.3. The second kappa shape index (κ2) is 7.44. The van der Waals surface area contributed by atoms with Gasteiger partial charge in [-0.2, -0.15) is 24.9 Å². The molecule has 1 aromatic rings. The van der Waals surface area contributed by atoms with Crippen LogP contribution in [0.3, 0.4) is 0 Å². The summed E-state index contributed by atoms with van der Waals surface area (Å²) in [7, 11) is 0. The predicted molar refractivity (Wildman–Crippen MR) is 81.8 cm³/mol. The van der Waals surface area contributed by atoms with Crippen molar-refractivity contribution in [3.8, 4) is 0 Å². The van der Waals surface area contributed by atoms with Crippen molar-refractivity contribution < 1.29 is 27.8 Å². The number of hydrogen-bond acceptors (Lipinski definition) is 3. The van der Waals surface area contributed by atoms with Gasteiger partial charge in [0.15, 0.2) is 0 Å². The van der Waals surface area contributed by atoms with Crippen molar-refractivity contribution >= 4 is 17.9 Å². The van der Waals surface area contributed by atoms with Crippen LogP contribution < -0.4 is 0 Å². The largest absolute Gasteiger partial charge is 0.465 e. The first-order valence-corrected chi connectivity index (χ1v) is 8.47. The number of halogens is 3. The van der Waals surface area contributed by atoms with Crippen LogP contribution in [0.5, 0.6) is 0 Å². The second-order valence-electron chi connectivity index (χ2n) is 5.40. The summed E-state index contributed by atoms with van der Waals surface area (Å²) in [6.45, 7) is 0.528. The lowest BCUT2D eigenvalue weighted by atomic mass is 10.0. The molecule has 2 rings (SSSR count). The molecule has 1 N–H and O–H groups in total. The average molecular weight is 349 g/mol. The number of alkyl halides is 3. The van der Waals surface area contributed by atoms with Gasteiger partial charge in [-0.1, -0.05) is 12.1 Å². The Kier molecular flexibility index (Phi) is 5.80. The number of nitrogens with zero attached hydrogens (tertiary/aromatic N) is 1. The molecular formula is C15H18F3NO3S. The summed E-state index contributed by atoms with van der Waals surface area (Å²) in [6.07, 6.45) is -3.30. The molecule has 0 aromatic heterocycles. The molecule has 0 spiro atoms. The lowest BCUT2D eigenvalue weighted by Crippen LogP contribution is -2.53. The van der Waals surface area contributed by atoms with Crippen LogP contribution in [0.15, 0.2) is 24.3 Å². The van der Waals surface area contributed by atoms with Crippen molar-refractivity contribution in [2.45, 2.75) is 24.7 Å². The topological polar surface area (TPSA) is 49.8 Å². The maximum Gasteiger partial charge on any atom is 0.416 e. The Morgan fingerprint density at radius 3 is 2.57 bits per heavy atom. The minimum absolute atomic E-state index is 0.148. The average Bonchev–Trinajstić information content (AvgIpc) is 2.48. The van der Waals surface area contributed by atoms with E-state index in [9.17, 15) is 23.1 Å². The third-order valence-corrected chi connectivity index (χ3v) is 4.42. The highest BCUT2D eigenvalue weighted by atomic mass is 32.2. The fraction of sp³-hybridized carbons (Fsp3) is 0.533. The highest BCUT2D eigenvalue weighted by Crippen LogP contribution is 2.29. The molecule has 0 saturated carbocycles. The van der Waals surface area contributed by atoms with Gasteiger partial charge in [0.1, 0.15) is 0 Å². The van der Waals surface area contributed by atoms with E-state index in [-0.39, 0.29) is 25.3 Å². The summed E-state index contributed by atoms with van der Waals surface area (Å²) in [6, 6.07) is 4.41. The zero-order chi connectivity index (χ0) is 17.0. The van der Waals surface area contributed by atoms with Crippen LogP contribution in [0.2, 0.25) is 0 Å². The Hall–Kier alpha value is -1.41. The Bertz CT molecular complexity index is 536. The van der Waals surface area contributed by atoms with Crippen molar-refractivity contribution in [1.29, 1.82) is 0 Å². The maximum absolute atomic E-state index is 12.6. The highest BCUT2D eigenvalue weighted by Gasteiger charge is 2.33. The second-order valence-corrected chi connectivity index (χ2v) is 6.31. The molecule has 0 aliphatic carbocycles. The molecule has 23 heavy (non-hydrogen) atoms. The van der Waals surface area contributed by atoms with Crippen molar-refractivity contribution in [2.75, 3.05) is 25.2 Å². The van der Waals surface area contributed by atoms with Gasteiger partial charge in [0.2, 0.25) is 0 Å². The number of rotatable bonds is 4. The van der Waals surface area contributed by atoms with E-state index in [4.69, 9.17) is 4.74 Å². The van der Waals surface area contributed by atoms with Gasteiger partial charge in [0, 0.05) is 5.75 Å². The fourth-order valence-corrected chi connectivity index (χ4v) is 3.12. The standard InChI is InChI=1S/C15H18F3NO3S/c1-23-9-13-7-19(14(20)21)12(8-22-13)6-10-2-4-11(5-3-10)15(16,17)18/h2-5,12-13H,6-9H2,1H3,(H,20,21)/t12-,13+/m0/s1. The maximum atomic E-state index is 12.6. The number of carboxylic acid groups (broad SMARTS) is 1. The number of benzene rings is 1. The van der Waals surface area contributed by atoms with Gasteiger partial charge in [-0.05, 0) is 30.4 Å². The van der Waals surface area contributed by atoms with Crippen LogP contribution in [0, 0.1) is 0 Å². The van der Waals surface area contributed by atoms with Crippen LogP contribution in [-0.2, 0) is 17.3 Å². The molecule has 2 atom stereocenters. The van der Waals surface area contributed by atoms with Crippen LogP contribution in [0.25, 0.3) is 0 Å². The summed E-state index contributed by atoms with van der Waals surface area (Å²) in [5.41, 5.74) is -0.0579. The quantitative estimate of drug-likeness (QED) is 0.906. The van der Waals surface area contributed by atoms with Gasteiger partial charge < -0.3 is 14.7 Å². The first-order chi connectivity index (χ1) is 10.8. The van der Waals surface area contributed by atoms with Crippen LogP contribution in [-0.4, -0.2) is 53.4 Å². The number of amides is 1. The molecule has 1 heterocycles. The Balaban J connectivity index is 2.04. The van der Waals surface area contributed by atoms with E-state index in [1.54, 1.807) is 11.8 Å². The van der Waals surface area contributed by atoms with Crippen LogP contribution in [0.4, 0.5) is 18.0 Å². The van der Waals surface area contributed by atoms with Gasteiger partial charge in [0.25, 0.3) is 0 Å². The first-order valence-electron chi connectivity index (χ1n) is 7.07. The van der Waals surface area contributed by atoms with E-state index in [0.717, 1.165) is 12.1 Å². The van der Waals surface area contributed by atoms with E-state index >= 15 is 0 Å². The molecule has 0 radical (unpaired) electrons. The first kappa shape index (κ1) is 17.9. The highest BCUT2D eigenvalue weighted by molar-refractivity contribution is 7.98. The molecular weight excluding hydrogens is 331 g/mol. The van der Waals surface area contributed by atoms with Crippen molar-refractivity contribution in [3.63, 3.8) is 0 Å². The third kappa shape index (κ3) is 4.78. The Morgan fingerprint density at radius 2 is 2.04 bits per heavy atom. The molecule has 1 amide bonds. The number of ether oxygens (including phenoxy) is 1. The zero-order valence-corrected chi connectivity index (χ0v) is 13.4. The van der Waals surface area contributed by atoms with Gasteiger partial charge in [0.05, 0.1) is 30.9 Å². The normalized spacial score (nSPS) is 22.2. The molecule has 1 aliphatic heterocycles. The summed E-state index contributed by atoms with van der Waals surface area (Å²) in [5.74, 6) is 0.705. The summed E-state index contributed by atoms with van der Waals surface area (Å²) >= 11 is 1.58. The van der Waals surface area contributed by atoms with E-state index in [0.29, 0.717) is 17.7 Å². The molecule has 8 heteroatoms. The molecule has 128 valence electrons. The number of morpholine rings is 1. The van der Waals surface area contributed by atoms with Crippen molar-refractivity contribution in [1.82, 2.24) is 4.90 Å². The molecule has 0 bridgehead atoms. The minimum atomic E-state index is -4.37. The van der Waals surface area contributed by atoms with E-state index < -0.39 is 17.8 Å². The SMILES string of the molecule is CSC[C@H]1CN(C(=O)O)[C@@H](Cc2ccc(C(F)(F)F)cc2)CO1. The zero-order valence-electron chi connectivity index (χ0n) is 12.5. The number of carbonyl (C=O) groups is 1.